The van der Waals surface area contributed by atoms with Crippen molar-refractivity contribution >= 4 is 11.7 Å². The first-order valence-corrected chi connectivity index (χ1v) is 12.6. The molecular formula is C26H31F3N4O2. The third-order valence-electron chi connectivity index (χ3n) is 8.77. The topological polar surface area (TPSA) is 68.2 Å². The number of fused-ring (bicyclic) bond motifs is 1. The Labute approximate surface area is 202 Å². The minimum atomic E-state index is -4.49. The van der Waals surface area contributed by atoms with Crippen molar-refractivity contribution < 1.29 is 22.7 Å². The lowest BCUT2D eigenvalue weighted by molar-refractivity contribution is -0.173. The number of nitrogens with zero attached hydrogens (tertiary/aromatic N) is 2. The Balaban J connectivity index is 1.25. The molecule has 7 rings (SSSR count). The molecule has 0 spiro atoms. The number of hydrogen-bond acceptors (Lipinski definition) is 4. The van der Waals surface area contributed by atoms with Crippen LogP contribution in [-0.2, 0) is 0 Å². The molecule has 1 aliphatic heterocycles. The second kappa shape index (κ2) is 8.17. The predicted molar refractivity (Wildman–Crippen MR) is 124 cm³/mol. The number of hydrogen-bond donors (Lipinski definition) is 2. The van der Waals surface area contributed by atoms with E-state index in [0.29, 0.717) is 17.9 Å². The Morgan fingerprint density at radius 3 is 2.49 bits per heavy atom. The molecular weight excluding hydrogens is 457 g/mol. The lowest BCUT2D eigenvalue weighted by atomic mass is 9.49. The maximum Gasteiger partial charge on any atom is 0.410 e. The van der Waals surface area contributed by atoms with Crippen LogP contribution in [0.4, 0.5) is 19.0 Å². The summed E-state index contributed by atoms with van der Waals surface area (Å²) in [6, 6.07) is 4.55. The smallest absolute Gasteiger partial charge is 0.410 e. The highest BCUT2D eigenvalue weighted by Gasteiger charge is 2.51. The number of ether oxygens (including phenoxy) is 1. The molecule has 35 heavy (non-hydrogen) atoms. The van der Waals surface area contributed by atoms with Crippen LogP contribution in [0.25, 0.3) is 0 Å². The molecule has 5 aliphatic rings. The molecule has 4 aliphatic carbocycles. The van der Waals surface area contributed by atoms with Gasteiger partial charge < -0.3 is 15.4 Å². The highest BCUT2D eigenvalue weighted by Crippen LogP contribution is 2.59. The van der Waals surface area contributed by atoms with Crippen molar-refractivity contribution in [3.63, 3.8) is 0 Å². The molecule has 1 aromatic carbocycles. The molecule has 4 saturated carbocycles. The first kappa shape index (κ1) is 22.7. The number of methoxy groups -OCH3 is 1. The van der Waals surface area contributed by atoms with Gasteiger partial charge in [-0.15, -0.1) is 0 Å². The van der Waals surface area contributed by atoms with E-state index in [1.54, 1.807) is 24.3 Å². The van der Waals surface area contributed by atoms with Crippen LogP contribution in [0.5, 0.6) is 5.75 Å². The number of amides is 1. The second-order valence-electron chi connectivity index (χ2n) is 11.2. The van der Waals surface area contributed by atoms with E-state index in [-0.39, 0.29) is 29.1 Å². The van der Waals surface area contributed by atoms with E-state index in [4.69, 9.17) is 4.74 Å². The zero-order valence-corrected chi connectivity index (χ0v) is 19.8. The average molecular weight is 489 g/mol. The molecule has 4 fully saturated rings. The summed E-state index contributed by atoms with van der Waals surface area (Å²) in [6.45, 7) is 0.585. The highest BCUT2D eigenvalue weighted by atomic mass is 19.4. The van der Waals surface area contributed by atoms with Crippen LogP contribution in [0.15, 0.2) is 30.5 Å². The van der Waals surface area contributed by atoms with Crippen LogP contribution in [-0.4, -0.2) is 35.5 Å². The van der Waals surface area contributed by atoms with Gasteiger partial charge in [-0.2, -0.15) is 18.3 Å². The number of benzene rings is 1. The van der Waals surface area contributed by atoms with E-state index in [2.05, 4.69) is 15.7 Å². The lowest BCUT2D eigenvalue weighted by Gasteiger charge is -2.56. The largest absolute Gasteiger partial charge is 0.497 e. The molecule has 6 nitrogen and oxygen atoms in total. The molecule has 4 bridgehead atoms. The quantitative estimate of drug-likeness (QED) is 0.583. The molecule has 1 aromatic heterocycles. The van der Waals surface area contributed by atoms with Crippen LogP contribution in [0.3, 0.4) is 0 Å². The number of rotatable bonds is 5. The number of carbonyl (C=O) groups excluding carboxylic acids is 1. The van der Waals surface area contributed by atoms with Crippen LogP contribution in [0.1, 0.15) is 73.0 Å². The van der Waals surface area contributed by atoms with Gasteiger partial charge in [-0.1, -0.05) is 12.1 Å². The number of halogens is 3. The van der Waals surface area contributed by atoms with Crippen molar-refractivity contribution in [3.8, 4) is 5.75 Å². The first-order valence-electron chi connectivity index (χ1n) is 12.6. The van der Waals surface area contributed by atoms with Crippen molar-refractivity contribution in [2.45, 2.75) is 63.2 Å². The SMILES string of the molecule is COc1cccc([C@H]2C[C@H](C(F)(F)F)n3ncc(C(=O)NCC45CC6CC(CC(C6)C4)C5)c3N2)c1. The minimum absolute atomic E-state index is 0.120. The molecule has 2 aromatic rings. The Kier molecular flexibility index (Phi) is 5.30. The van der Waals surface area contributed by atoms with Gasteiger partial charge in [-0.05, 0) is 79.4 Å². The van der Waals surface area contributed by atoms with Gasteiger partial charge in [-0.25, -0.2) is 4.68 Å². The van der Waals surface area contributed by atoms with E-state index < -0.39 is 18.3 Å². The van der Waals surface area contributed by atoms with E-state index in [1.807, 2.05) is 0 Å². The van der Waals surface area contributed by atoms with Crippen LogP contribution < -0.4 is 15.4 Å². The minimum Gasteiger partial charge on any atom is -0.497 e. The molecule has 2 N–H and O–H groups in total. The van der Waals surface area contributed by atoms with Gasteiger partial charge in [0, 0.05) is 13.0 Å². The van der Waals surface area contributed by atoms with Crippen molar-refractivity contribution in [3.05, 3.63) is 41.6 Å². The number of aromatic nitrogens is 2. The van der Waals surface area contributed by atoms with Crippen LogP contribution in [0, 0.1) is 23.2 Å². The third-order valence-corrected chi connectivity index (χ3v) is 8.77. The fraction of sp³-hybridized carbons (Fsp3) is 0.615. The predicted octanol–water partition coefficient (Wildman–Crippen LogP) is 5.50. The van der Waals surface area contributed by atoms with Crippen molar-refractivity contribution in [1.29, 1.82) is 0 Å². The Morgan fingerprint density at radius 1 is 1.17 bits per heavy atom. The van der Waals surface area contributed by atoms with Gasteiger partial charge in [0.1, 0.15) is 17.1 Å². The normalized spacial score (nSPS) is 33.2. The van der Waals surface area contributed by atoms with Gasteiger partial charge in [-0.3, -0.25) is 4.79 Å². The van der Waals surface area contributed by atoms with Crippen molar-refractivity contribution in [2.24, 2.45) is 23.2 Å². The van der Waals surface area contributed by atoms with E-state index in [1.165, 1.54) is 32.6 Å². The molecule has 188 valence electrons. The zero-order chi connectivity index (χ0) is 24.4. The van der Waals surface area contributed by atoms with Gasteiger partial charge in [0.2, 0.25) is 0 Å². The molecule has 2 heterocycles. The molecule has 0 radical (unpaired) electrons. The van der Waals surface area contributed by atoms with Gasteiger partial charge in [0.15, 0.2) is 6.04 Å². The van der Waals surface area contributed by atoms with Gasteiger partial charge >= 0.3 is 6.18 Å². The molecule has 1 amide bonds. The fourth-order valence-corrected chi connectivity index (χ4v) is 7.68. The van der Waals surface area contributed by atoms with Crippen LogP contribution >= 0.6 is 0 Å². The molecule has 0 unspecified atom stereocenters. The lowest BCUT2D eigenvalue weighted by Crippen LogP contribution is -2.51. The second-order valence-corrected chi connectivity index (χ2v) is 11.2. The zero-order valence-electron chi connectivity index (χ0n) is 19.8. The summed E-state index contributed by atoms with van der Waals surface area (Å²) in [5.74, 6) is 2.62. The molecule has 2 atom stereocenters. The number of anilines is 1. The van der Waals surface area contributed by atoms with E-state index in [0.717, 1.165) is 41.7 Å². The number of alkyl halides is 3. The Bertz CT molecular complexity index is 1090. The number of nitrogens with one attached hydrogen (secondary N) is 2. The maximum atomic E-state index is 14.0. The molecule has 9 heteroatoms. The van der Waals surface area contributed by atoms with Gasteiger partial charge in [0.05, 0.1) is 19.3 Å². The monoisotopic (exact) mass is 488 g/mol. The van der Waals surface area contributed by atoms with Gasteiger partial charge in [0.25, 0.3) is 5.91 Å². The summed E-state index contributed by atoms with van der Waals surface area (Å²) in [7, 11) is 1.52. The van der Waals surface area contributed by atoms with Crippen molar-refractivity contribution in [1.82, 2.24) is 15.1 Å². The first-order chi connectivity index (χ1) is 16.7. The van der Waals surface area contributed by atoms with Crippen LogP contribution in [0.2, 0.25) is 0 Å². The number of carbonyl (C=O) groups is 1. The fourth-order valence-electron chi connectivity index (χ4n) is 7.68. The summed E-state index contributed by atoms with van der Waals surface area (Å²) in [4.78, 5) is 13.3. The third kappa shape index (κ3) is 4.06. The summed E-state index contributed by atoms with van der Waals surface area (Å²) < 4.78 is 48.2. The maximum absolute atomic E-state index is 14.0. The van der Waals surface area contributed by atoms with E-state index in [9.17, 15) is 18.0 Å². The van der Waals surface area contributed by atoms with Crippen molar-refractivity contribution in [2.75, 3.05) is 19.0 Å². The standard InChI is InChI=1S/C26H31F3N4O2/c1-35-19-4-2-3-18(8-19)21-9-22(26(27,28)29)33-23(32-21)20(13-31-33)24(34)30-14-25-10-15-5-16(11-25)7-17(6-15)12-25/h2-4,8,13,15-17,21-22,32H,5-7,9-12,14H2,1H3,(H,30,34)/t15?,16?,17?,21-,22-,25?/m1/s1. The summed E-state index contributed by atoms with van der Waals surface area (Å²) in [5.41, 5.74) is 0.977. The summed E-state index contributed by atoms with van der Waals surface area (Å²) >= 11 is 0. The highest BCUT2D eigenvalue weighted by molar-refractivity contribution is 5.99. The molecule has 0 saturated heterocycles. The van der Waals surface area contributed by atoms with E-state index >= 15 is 0 Å². The summed E-state index contributed by atoms with van der Waals surface area (Å²) in [5, 5.41) is 10.3. The summed E-state index contributed by atoms with van der Waals surface area (Å²) in [6.07, 6.45) is 3.96. The average Bonchev–Trinajstić information content (AvgIpc) is 3.24. The Morgan fingerprint density at radius 2 is 1.86 bits per heavy atom. The Hall–Kier alpha value is -2.71.